The molecule has 0 aliphatic carbocycles. The Morgan fingerprint density at radius 2 is 1.86 bits per heavy atom. The Morgan fingerprint density at radius 3 is 2.66 bits per heavy atom. The monoisotopic (exact) mass is 390 g/mol. The number of fused-ring (bicyclic) bond motifs is 1. The molecule has 1 N–H and O–H groups in total. The van der Waals surface area contributed by atoms with Crippen LogP contribution < -0.4 is 0 Å². The summed E-state index contributed by atoms with van der Waals surface area (Å²) in [6, 6.07) is 17.1. The molecule has 6 heteroatoms. The third-order valence-electron chi connectivity index (χ3n) is 5.28. The molecule has 29 heavy (non-hydrogen) atoms. The van der Waals surface area contributed by atoms with Crippen LogP contribution in [-0.2, 0) is 20.9 Å². The van der Waals surface area contributed by atoms with Gasteiger partial charge in [-0.2, -0.15) is 0 Å². The van der Waals surface area contributed by atoms with E-state index in [-0.39, 0.29) is 18.1 Å². The molecule has 6 nitrogen and oxygen atoms in total. The fourth-order valence-corrected chi connectivity index (χ4v) is 3.71. The summed E-state index contributed by atoms with van der Waals surface area (Å²) < 4.78 is 5.43. The number of carbonyl (C=O) groups excluding carboxylic acids is 3. The number of hydrogen-bond donors (Lipinski definition) is 1. The molecule has 1 saturated heterocycles. The van der Waals surface area contributed by atoms with E-state index in [1.807, 2.05) is 54.6 Å². The number of H-pyrrole nitrogens is 1. The number of carbonyl (C=O) groups is 3. The number of benzene rings is 2. The molecular formula is C23H22N2O4. The summed E-state index contributed by atoms with van der Waals surface area (Å²) in [6.07, 6.45) is 0.831. The van der Waals surface area contributed by atoms with Crippen molar-refractivity contribution in [2.75, 3.05) is 6.54 Å². The number of ketones is 1. The van der Waals surface area contributed by atoms with Crippen LogP contribution in [-0.4, -0.2) is 40.2 Å². The zero-order valence-corrected chi connectivity index (χ0v) is 16.1. The molecular weight excluding hydrogens is 368 g/mol. The van der Waals surface area contributed by atoms with Gasteiger partial charge in [-0.1, -0.05) is 48.5 Å². The summed E-state index contributed by atoms with van der Waals surface area (Å²) in [5, 5.41) is 0.797. The van der Waals surface area contributed by atoms with Gasteiger partial charge in [-0.25, -0.2) is 0 Å². The number of nitrogens with one attached hydrogen (secondary N) is 1. The summed E-state index contributed by atoms with van der Waals surface area (Å²) in [4.78, 5) is 42.3. The summed E-state index contributed by atoms with van der Waals surface area (Å²) >= 11 is 0. The SMILES string of the molecule is C[C@H](OC(=O)[C@H]1CC(=O)N(Cc2ccccc2)C1)C(=O)c1c[nH]c2ccccc12. The summed E-state index contributed by atoms with van der Waals surface area (Å²) in [5.74, 6) is -1.40. The highest BCUT2D eigenvalue weighted by Crippen LogP contribution is 2.24. The number of rotatable bonds is 6. The van der Waals surface area contributed by atoms with E-state index in [1.54, 1.807) is 18.0 Å². The first-order chi connectivity index (χ1) is 14.0. The van der Waals surface area contributed by atoms with E-state index in [1.165, 1.54) is 0 Å². The Kier molecular flexibility index (Phi) is 5.16. The predicted octanol–water partition coefficient (Wildman–Crippen LogP) is 3.33. The number of aromatic nitrogens is 1. The van der Waals surface area contributed by atoms with Gasteiger partial charge in [0.2, 0.25) is 11.7 Å². The summed E-state index contributed by atoms with van der Waals surface area (Å²) in [6.45, 7) is 2.34. The molecule has 0 saturated carbocycles. The molecule has 148 valence electrons. The van der Waals surface area contributed by atoms with Crippen LogP contribution in [0.2, 0.25) is 0 Å². The van der Waals surface area contributed by atoms with Crippen molar-refractivity contribution in [3.63, 3.8) is 0 Å². The number of amides is 1. The highest BCUT2D eigenvalue weighted by molar-refractivity contribution is 6.10. The Balaban J connectivity index is 1.38. The number of ether oxygens (including phenoxy) is 1. The van der Waals surface area contributed by atoms with Crippen molar-refractivity contribution in [1.29, 1.82) is 0 Å². The van der Waals surface area contributed by atoms with Crippen molar-refractivity contribution >= 4 is 28.6 Å². The highest BCUT2D eigenvalue weighted by atomic mass is 16.5. The molecule has 0 spiro atoms. The van der Waals surface area contributed by atoms with Crippen LogP contribution in [0.4, 0.5) is 0 Å². The Hall–Kier alpha value is -3.41. The van der Waals surface area contributed by atoms with Crippen LogP contribution >= 0.6 is 0 Å². The van der Waals surface area contributed by atoms with E-state index in [0.29, 0.717) is 18.7 Å². The summed E-state index contributed by atoms with van der Waals surface area (Å²) in [5.41, 5.74) is 2.36. The van der Waals surface area contributed by atoms with E-state index in [9.17, 15) is 14.4 Å². The first-order valence-corrected chi connectivity index (χ1v) is 9.65. The number of Topliss-reactive ketones (excluding diaryl/α,β-unsaturated/α-hetero) is 1. The van der Waals surface area contributed by atoms with Crippen molar-refractivity contribution in [1.82, 2.24) is 9.88 Å². The lowest BCUT2D eigenvalue weighted by Crippen LogP contribution is -2.30. The standard InChI is InChI=1S/C23H22N2O4/c1-15(22(27)19-12-24-20-10-6-5-9-18(19)20)29-23(28)17-11-21(26)25(14-17)13-16-7-3-2-4-8-16/h2-10,12,15,17,24H,11,13-14H2,1H3/t15-,17-/m0/s1. The molecule has 2 atom stereocenters. The number of esters is 1. The fourth-order valence-electron chi connectivity index (χ4n) is 3.71. The molecule has 4 rings (SSSR count). The van der Waals surface area contributed by atoms with Gasteiger partial charge in [0.1, 0.15) is 0 Å². The van der Waals surface area contributed by atoms with Crippen LogP contribution in [0.25, 0.3) is 10.9 Å². The van der Waals surface area contributed by atoms with Gasteiger partial charge in [0.25, 0.3) is 0 Å². The third-order valence-corrected chi connectivity index (χ3v) is 5.28. The Bertz CT molecular complexity index is 1060. The van der Waals surface area contributed by atoms with Gasteiger partial charge in [0.15, 0.2) is 6.10 Å². The molecule has 3 aromatic rings. The predicted molar refractivity (Wildman–Crippen MR) is 108 cm³/mol. The second-order valence-electron chi connectivity index (χ2n) is 7.35. The second kappa shape index (κ2) is 7.91. The average molecular weight is 390 g/mol. The molecule has 0 radical (unpaired) electrons. The number of nitrogens with zero attached hydrogens (tertiary/aromatic N) is 1. The average Bonchev–Trinajstić information content (AvgIpc) is 3.32. The molecule has 2 aromatic carbocycles. The van der Waals surface area contributed by atoms with E-state index in [2.05, 4.69) is 4.98 Å². The van der Waals surface area contributed by atoms with Crippen LogP contribution in [0.1, 0.15) is 29.3 Å². The maximum Gasteiger partial charge on any atom is 0.311 e. The van der Waals surface area contributed by atoms with Gasteiger partial charge in [0.05, 0.1) is 5.92 Å². The molecule has 0 bridgehead atoms. The minimum atomic E-state index is -0.917. The van der Waals surface area contributed by atoms with Gasteiger partial charge in [-0.15, -0.1) is 0 Å². The normalized spacial score (nSPS) is 17.5. The van der Waals surface area contributed by atoms with Gasteiger partial charge in [-0.05, 0) is 18.6 Å². The van der Waals surface area contributed by atoms with Crippen LogP contribution in [0, 0.1) is 5.92 Å². The minimum absolute atomic E-state index is 0.0774. The van der Waals surface area contributed by atoms with Crippen molar-refractivity contribution in [3.05, 3.63) is 71.9 Å². The van der Waals surface area contributed by atoms with E-state index >= 15 is 0 Å². The molecule has 1 aliphatic heterocycles. The Morgan fingerprint density at radius 1 is 1.14 bits per heavy atom. The number of hydrogen-bond acceptors (Lipinski definition) is 4. The molecule has 1 amide bonds. The largest absolute Gasteiger partial charge is 0.454 e. The van der Waals surface area contributed by atoms with Gasteiger partial charge < -0.3 is 14.6 Å². The molecule has 0 unspecified atom stereocenters. The smallest absolute Gasteiger partial charge is 0.311 e. The lowest BCUT2D eigenvalue weighted by Gasteiger charge is -2.17. The zero-order chi connectivity index (χ0) is 20.4. The molecule has 1 aromatic heterocycles. The molecule has 2 heterocycles. The third kappa shape index (κ3) is 3.92. The summed E-state index contributed by atoms with van der Waals surface area (Å²) in [7, 11) is 0. The fraction of sp³-hybridized carbons (Fsp3) is 0.261. The lowest BCUT2D eigenvalue weighted by atomic mass is 10.1. The van der Waals surface area contributed by atoms with Crippen molar-refractivity contribution in [2.24, 2.45) is 5.92 Å². The zero-order valence-electron chi connectivity index (χ0n) is 16.1. The minimum Gasteiger partial charge on any atom is -0.454 e. The molecule has 1 fully saturated rings. The van der Waals surface area contributed by atoms with E-state index in [4.69, 9.17) is 4.74 Å². The Labute approximate surface area is 168 Å². The van der Waals surface area contributed by atoms with Gasteiger partial charge in [0, 0.05) is 42.2 Å². The molecule has 1 aliphatic rings. The van der Waals surface area contributed by atoms with Crippen molar-refractivity contribution < 1.29 is 19.1 Å². The highest BCUT2D eigenvalue weighted by Gasteiger charge is 2.36. The van der Waals surface area contributed by atoms with E-state index in [0.717, 1.165) is 16.5 Å². The quantitative estimate of drug-likeness (QED) is 0.517. The van der Waals surface area contributed by atoms with Gasteiger partial charge >= 0.3 is 5.97 Å². The first-order valence-electron chi connectivity index (χ1n) is 9.65. The van der Waals surface area contributed by atoms with Crippen LogP contribution in [0.15, 0.2) is 60.8 Å². The van der Waals surface area contributed by atoms with E-state index < -0.39 is 18.0 Å². The maximum absolute atomic E-state index is 12.8. The number of likely N-dealkylation sites (tertiary alicyclic amines) is 1. The topological polar surface area (TPSA) is 79.5 Å². The van der Waals surface area contributed by atoms with Crippen LogP contribution in [0.3, 0.4) is 0 Å². The van der Waals surface area contributed by atoms with Crippen molar-refractivity contribution in [2.45, 2.75) is 26.0 Å². The first kappa shape index (κ1) is 18.9. The van der Waals surface area contributed by atoms with Crippen molar-refractivity contribution in [3.8, 4) is 0 Å². The number of aromatic amines is 1. The number of para-hydroxylation sites is 1. The maximum atomic E-state index is 12.8. The second-order valence-corrected chi connectivity index (χ2v) is 7.35. The van der Waals surface area contributed by atoms with Gasteiger partial charge in [-0.3, -0.25) is 14.4 Å². The lowest BCUT2D eigenvalue weighted by molar-refractivity contribution is -0.151. The van der Waals surface area contributed by atoms with Crippen LogP contribution in [0.5, 0.6) is 0 Å².